The van der Waals surface area contributed by atoms with Crippen molar-refractivity contribution in [1.82, 2.24) is 26.6 Å². The molecule has 0 spiro atoms. The molecule has 15 heteroatoms. The predicted octanol–water partition coefficient (Wildman–Crippen LogP) is 7.66. The van der Waals surface area contributed by atoms with E-state index in [1.54, 1.807) is 48.5 Å². The number of thioether (sulfide) groups is 3. The van der Waals surface area contributed by atoms with Gasteiger partial charge in [-0.25, -0.2) is 4.79 Å². The zero-order valence-electron chi connectivity index (χ0n) is 38.7. The summed E-state index contributed by atoms with van der Waals surface area (Å²) >= 11 is 4.33. The number of ether oxygens (including phenoxy) is 2. The lowest BCUT2D eigenvalue weighted by molar-refractivity contribution is -0.140. The van der Waals surface area contributed by atoms with Crippen molar-refractivity contribution in [3.8, 4) is 0 Å². The first-order valence-electron chi connectivity index (χ1n) is 21.5. The fourth-order valence-electron chi connectivity index (χ4n) is 6.37. The Balaban J connectivity index is 1.67. The molecule has 0 heterocycles. The van der Waals surface area contributed by atoms with Crippen LogP contribution in [-0.2, 0) is 52.5 Å². The van der Waals surface area contributed by atoms with Gasteiger partial charge in [0, 0.05) is 41.6 Å². The van der Waals surface area contributed by atoms with Crippen molar-refractivity contribution in [1.29, 1.82) is 0 Å². The van der Waals surface area contributed by atoms with Gasteiger partial charge in [-0.1, -0.05) is 121 Å². The lowest BCUT2D eigenvalue weighted by Gasteiger charge is -2.39. The Labute approximate surface area is 397 Å². The van der Waals surface area contributed by atoms with Gasteiger partial charge < -0.3 is 36.1 Å². The Morgan fingerprint density at radius 3 is 1.25 bits per heavy atom. The predicted molar refractivity (Wildman–Crippen MR) is 265 cm³/mol. The maximum Gasteiger partial charge on any atom is 0.408 e. The van der Waals surface area contributed by atoms with E-state index < -0.39 is 64.1 Å². The summed E-state index contributed by atoms with van der Waals surface area (Å²) in [6, 6.07) is 37.6. The number of rotatable bonds is 24. The van der Waals surface area contributed by atoms with E-state index >= 15 is 4.79 Å². The number of carbonyl (C=O) groups is 5. The maximum absolute atomic E-state index is 15.1. The van der Waals surface area contributed by atoms with E-state index in [-0.39, 0.29) is 23.9 Å². The summed E-state index contributed by atoms with van der Waals surface area (Å²) in [7, 11) is 1.48. The molecule has 5 amide bonds. The summed E-state index contributed by atoms with van der Waals surface area (Å²) in [5.74, 6) is -0.371. The molecule has 0 unspecified atom stereocenters. The normalized spacial score (nSPS) is 15.1. The first kappa shape index (κ1) is 52.7. The molecule has 350 valence electrons. The molecule has 0 radical (unpaired) electrons. The van der Waals surface area contributed by atoms with Crippen LogP contribution in [0.25, 0.3) is 0 Å². The molecular formula is C50H65N5O7S3. The summed E-state index contributed by atoms with van der Waals surface area (Å²) < 4.78 is 11.7. The average Bonchev–Trinajstić information content (AvgIpc) is 3.27. The van der Waals surface area contributed by atoms with Crippen molar-refractivity contribution in [2.24, 2.45) is 0 Å². The summed E-state index contributed by atoms with van der Waals surface area (Å²) in [6.07, 6.45) is -1.54. The van der Waals surface area contributed by atoms with Gasteiger partial charge in [-0.05, 0) is 70.7 Å². The van der Waals surface area contributed by atoms with Crippen molar-refractivity contribution in [2.45, 2.75) is 107 Å². The van der Waals surface area contributed by atoms with E-state index in [0.717, 1.165) is 22.3 Å². The van der Waals surface area contributed by atoms with Crippen molar-refractivity contribution in [3.05, 3.63) is 144 Å². The molecule has 0 aliphatic heterocycles. The van der Waals surface area contributed by atoms with Crippen LogP contribution in [0.3, 0.4) is 0 Å². The van der Waals surface area contributed by atoms with Crippen LogP contribution < -0.4 is 26.6 Å². The zero-order chi connectivity index (χ0) is 47.5. The Hall–Kier alpha value is -4.96. The maximum atomic E-state index is 15.1. The van der Waals surface area contributed by atoms with Gasteiger partial charge in [-0.2, -0.15) is 35.3 Å². The first-order valence-corrected chi connectivity index (χ1v) is 25.0. The van der Waals surface area contributed by atoms with Crippen LogP contribution in [-0.4, -0.2) is 88.4 Å². The molecule has 0 saturated carbocycles. The van der Waals surface area contributed by atoms with Crippen LogP contribution in [0.5, 0.6) is 0 Å². The SMILES string of the molecule is CNC(=O)[C@@H](NC(=O)[C@](C)(CSCc1ccccc1)NC(=O)[C@](C)(CSCc1ccccc1)NC(=O)[C@](C)(CSCc1ccccc1)NC(=O)OC(C)(C)C)[C@@H](C)OCc1ccccc1. The Morgan fingerprint density at radius 1 is 0.523 bits per heavy atom. The summed E-state index contributed by atoms with van der Waals surface area (Å²) in [4.78, 5) is 71.2. The molecule has 4 rings (SSSR count). The van der Waals surface area contributed by atoms with Crippen molar-refractivity contribution < 1.29 is 33.4 Å². The van der Waals surface area contributed by atoms with Crippen LogP contribution in [0, 0.1) is 0 Å². The number of likely N-dealkylation sites (N-methyl/N-ethyl adjacent to an activating group) is 1. The molecule has 0 aromatic heterocycles. The summed E-state index contributed by atoms with van der Waals surface area (Å²) in [6.45, 7) is 12.0. The molecule has 4 aromatic rings. The minimum Gasteiger partial charge on any atom is -0.444 e. The van der Waals surface area contributed by atoms with E-state index in [1.165, 1.54) is 42.3 Å². The van der Waals surface area contributed by atoms with Gasteiger partial charge in [-0.15, -0.1) is 0 Å². The molecule has 0 fully saturated rings. The molecule has 0 bridgehead atoms. The van der Waals surface area contributed by atoms with Crippen LogP contribution in [0.15, 0.2) is 121 Å². The standard InChI is InChI=1S/C50H65N5O7S3/c1-36(61-29-37-21-13-9-14-22-37)41(42(56)51-8)52-43(57)48(5,33-63-30-38-23-15-10-16-24-38)53-44(58)49(6,34-64-31-39-25-17-11-18-26-39)54-45(59)50(7,55-46(60)62-47(2,3)4)35-65-32-40-27-19-12-20-28-40/h9-28,36,41H,29-35H2,1-8H3,(H,51,56)(H,52,57)(H,53,58)(H,54,59)(H,55,60)/t36-,41+,48+,49+,50+/m1/s1. The van der Waals surface area contributed by atoms with Crippen molar-refractivity contribution >= 4 is 65.0 Å². The number of hydrogen-bond donors (Lipinski definition) is 5. The Kier molecular flexibility index (Phi) is 20.3. The highest BCUT2D eigenvalue weighted by Crippen LogP contribution is 2.26. The second-order valence-electron chi connectivity index (χ2n) is 17.5. The second kappa shape index (κ2) is 25.1. The largest absolute Gasteiger partial charge is 0.444 e. The van der Waals surface area contributed by atoms with E-state index in [4.69, 9.17) is 9.47 Å². The number of hydrogen-bond acceptors (Lipinski definition) is 10. The zero-order valence-corrected chi connectivity index (χ0v) is 41.2. The number of nitrogens with one attached hydrogen (secondary N) is 5. The van der Waals surface area contributed by atoms with Gasteiger partial charge in [0.05, 0.1) is 12.7 Å². The highest BCUT2D eigenvalue weighted by molar-refractivity contribution is 7.99. The van der Waals surface area contributed by atoms with Gasteiger partial charge in [0.1, 0.15) is 28.3 Å². The fourth-order valence-corrected chi connectivity index (χ4v) is 9.80. The number of benzene rings is 4. The van der Waals surface area contributed by atoms with Gasteiger partial charge in [0.15, 0.2) is 0 Å². The topological polar surface area (TPSA) is 164 Å². The summed E-state index contributed by atoms with van der Waals surface area (Å²) in [5, 5.41) is 14.4. The van der Waals surface area contributed by atoms with Crippen molar-refractivity contribution in [2.75, 3.05) is 24.3 Å². The second-order valence-corrected chi connectivity index (χ2v) is 20.5. The van der Waals surface area contributed by atoms with Crippen LogP contribution >= 0.6 is 35.3 Å². The molecule has 0 saturated heterocycles. The van der Waals surface area contributed by atoms with Gasteiger partial charge in [0.2, 0.25) is 23.6 Å². The van der Waals surface area contributed by atoms with E-state index in [0.29, 0.717) is 17.3 Å². The molecule has 65 heavy (non-hydrogen) atoms. The third-order valence-electron chi connectivity index (χ3n) is 10.2. The molecule has 0 aliphatic carbocycles. The quantitative estimate of drug-likeness (QED) is 0.0472. The Bertz CT molecular complexity index is 2130. The fraction of sp³-hybridized carbons (Fsp3) is 0.420. The van der Waals surface area contributed by atoms with Gasteiger partial charge in [-0.3, -0.25) is 19.2 Å². The van der Waals surface area contributed by atoms with Gasteiger partial charge in [0.25, 0.3) is 0 Å². The highest BCUT2D eigenvalue weighted by atomic mass is 32.2. The minimum atomic E-state index is -1.63. The van der Waals surface area contributed by atoms with Crippen LogP contribution in [0.4, 0.5) is 4.79 Å². The van der Waals surface area contributed by atoms with Crippen molar-refractivity contribution in [3.63, 3.8) is 0 Å². The molecule has 4 aromatic carbocycles. The van der Waals surface area contributed by atoms with E-state index in [1.807, 2.05) is 121 Å². The monoisotopic (exact) mass is 943 g/mol. The van der Waals surface area contributed by atoms with E-state index in [2.05, 4.69) is 26.6 Å². The smallest absolute Gasteiger partial charge is 0.408 e. The van der Waals surface area contributed by atoms with E-state index in [9.17, 15) is 19.2 Å². The molecule has 12 nitrogen and oxygen atoms in total. The first-order chi connectivity index (χ1) is 30.8. The Morgan fingerprint density at radius 2 is 0.877 bits per heavy atom. The van der Waals surface area contributed by atoms with Gasteiger partial charge >= 0.3 is 6.09 Å². The third-order valence-corrected chi connectivity index (χ3v) is 14.2. The lowest BCUT2D eigenvalue weighted by Crippen LogP contribution is -2.70. The van der Waals surface area contributed by atoms with Crippen LogP contribution in [0.1, 0.15) is 70.7 Å². The number of amides is 5. The summed E-state index contributed by atoms with van der Waals surface area (Å²) in [5.41, 5.74) is -1.65. The third kappa shape index (κ3) is 17.4. The molecule has 5 atom stereocenters. The lowest BCUT2D eigenvalue weighted by atomic mass is 9.95. The molecule has 5 N–H and O–H groups in total. The number of alkyl carbamates (subject to hydrolysis) is 1. The molecular weight excluding hydrogens is 879 g/mol. The minimum absolute atomic E-state index is 0.0965. The molecule has 0 aliphatic rings. The van der Waals surface area contributed by atoms with Crippen LogP contribution in [0.2, 0.25) is 0 Å². The number of carbonyl (C=O) groups excluding carboxylic acids is 5. The highest BCUT2D eigenvalue weighted by Gasteiger charge is 2.46. The average molecular weight is 944 g/mol.